The molecule has 0 bridgehead atoms. The number of rotatable bonds is 6. The van der Waals surface area contributed by atoms with E-state index < -0.39 is 0 Å². The van der Waals surface area contributed by atoms with Crippen LogP contribution in [0.1, 0.15) is 5.56 Å². The minimum absolute atomic E-state index is 0.306. The molecule has 0 saturated carbocycles. The van der Waals surface area contributed by atoms with Crippen molar-refractivity contribution in [3.63, 3.8) is 0 Å². The number of amides is 2. The Labute approximate surface area is 129 Å². The first-order chi connectivity index (χ1) is 10.7. The molecule has 2 N–H and O–H groups in total. The highest BCUT2D eigenvalue weighted by Crippen LogP contribution is 2.11. The lowest BCUT2D eigenvalue weighted by atomic mass is 10.2. The van der Waals surface area contributed by atoms with E-state index in [0.29, 0.717) is 24.7 Å². The Morgan fingerprint density at radius 1 is 1.18 bits per heavy atom. The highest BCUT2D eigenvalue weighted by atomic mass is 16.5. The predicted octanol–water partition coefficient (Wildman–Crippen LogP) is 2.60. The molecule has 0 spiro atoms. The molecule has 2 rings (SSSR count). The van der Waals surface area contributed by atoms with Gasteiger partial charge in [-0.1, -0.05) is 17.7 Å². The monoisotopic (exact) mass is 301 g/mol. The topological polar surface area (TPSA) is 72.5 Å². The first-order valence-electron chi connectivity index (χ1n) is 6.92. The van der Waals surface area contributed by atoms with Gasteiger partial charge in [-0.2, -0.15) is 0 Å². The molecule has 0 atom stereocenters. The number of nitrogens with one attached hydrogen (secondary N) is 2. The predicted molar refractivity (Wildman–Crippen MR) is 84.5 cm³/mol. The van der Waals surface area contributed by atoms with Gasteiger partial charge in [0, 0.05) is 6.07 Å². The lowest BCUT2D eigenvalue weighted by Crippen LogP contribution is -2.32. The van der Waals surface area contributed by atoms with Crippen molar-refractivity contribution in [2.75, 3.05) is 25.6 Å². The van der Waals surface area contributed by atoms with Crippen LogP contribution < -0.4 is 20.1 Å². The summed E-state index contributed by atoms with van der Waals surface area (Å²) in [5.41, 5.74) is 1.77. The highest BCUT2D eigenvalue weighted by molar-refractivity contribution is 5.88. The number of aryl methyl sites for hydroxylation is 1. The van der Waals surface area contributed by atoms with Gasteiger partial charge in [-0.05, 0) is 25.1 Å². The smallest absolute Gasteiger partial charge is 0.319 e. The lowest BCUT2D eigenvalue weighted by molar-refractivity contribution is 0.247. The van der Waals surface area contributed by atoms with Gasteiger partial charge in [0.1, 0.15) is 12.4 Å². The Hall–Kier alpha value is -2.76. The summed E-state index contributed by atoms with van der Waals surface area (Å²) in [6, 6.07) is 10.8. The second-order valence-corrected chi connectivity index (χ2v) is 4.63. The molecule has 22 heavy (non-hydrogen) atoms. The Morgan fingerprint density at radius 3 is 2.59 bits per heavy atom. The van der Waals surface area contributed by atoms with Gasteiger partial charge in [0.05, 0.1) is 25.5 Å². The Balaban J connectivity index is 1.67. The van der Waals surface area contributed by atoms with Gasteiger partial charge in [0.2, 0.25) is 5.88 Å². The van der Waals surface area contributed by atoms with Gasteiger partial charge < -0.3 is 20.1 Å². The third-order valence-corrected chi connectivity index (χ3v) is 2.88. The molecule has 1 aromatic heterocycles. The van der Waals surface area contributed by atoms with E-state index in [1.165, 1.54) is 18.9 Å². The molecule has 2 amide bonds. The van der Waals surface area contributed by atoms with Crippen LogP contribution in [0.2, 0.25) is 0 Å². The second kappa shape index (κ2) is 7.87. The molecule has 0 saturated heterocycles. The van der Waals surface area contributed by atoms with E-state index in [4.69, 9.17) is 9.47 Å². The molecule has 116 valence electrons. The summed E-state index contributed by atoms with van der Waals surface area (Å²) in [6.07, 6.45) is 1.53. The minimum Gasteiger partial charge on any atom is -0.492 e. The fourth-order valence-electron chi connectivity index (χ4n) is 1.72. The van der Waals surface area contributed by atoms with Crippen molar-refractivity contribution in [3.05, 3.63) is 48.2 Å². The van der Waals surface area contributed by atoms with Crippen molar-refractivity contribution in [1.82, 2.24) is 10.3 Å². The number of carbonyl (C=O) groups excluding carboxylic acids is 1. The third-order valence-electron chi connectivity index (χ3n) is 2.88. The van der Waals surface area contributed by atoms with E-state index in [9.17, 15) is 4.79 Å². The summed E-state index contributed by atoms with van der Waals surface area (Å²) >= 11 is 0. The number of anilines is 1. The molecule has 0 aliphatic heterocycles. The molecule has 0 unspecified atom stereocenters. The number of hydrogen-bond acceptors (Lipinski definition) is 4. The Bertz CT molecular complexity index is 597. The quantitative estimate of drug-likeness (QED) is 0.804. The van der Waals surface area contributed by atoms with Crippen LogP contribution in [0.25, 0.3) is 0 Å². The van der Waals surface area contributed by atoms with Gasteiger partial charge in [0.25, 0.3) is 0 Å². The van der Waals surface area contributed by atoms with E-state index in [1.807, 2.05) is 31.2 Å². The lowest BCUT2D eigenvalue weighted by Gasteiger charge is -2.09. The number of hydrogen-bond donors (Lipinski definition) is 2. The third kappa shape index (κ3) is 4.97. The van der Waals surface area contributed by atoms with Crippen LogP contribution in [0, 0.1) is 6.92 Å². The molecule has 1 heterocycles. The standard InChI is InChI=1S/C16H19N3O3/c1-12-3-6-14(7-4-12)22-10-9-17-16(20)19-13-5-8-15(21-2)18-11-13/h3-8,11H,9-10H2,1-2H3,(H2,17,19,20). The Kier molecular flexibility index (Phi) is 5.59. The number of carbonyl (C=O) groups is 1. The number of methoxy groups -OCH3 is 1. The van der Waals surface area contributed by atoms with Crippen LogP contribution in [0.3, 0.4) is 0 Å². The molecule has 2 aromatic rings. The second-order valence-electron chi connectivity index (χ2n) is 4.63. The summed E-state index contributed by atoms with van der Waals surface area (Å²) in [4.78, 5) is 15.7. The SMILES string of the molecule is COc1ccc(NC(=O)NCCOc2ccc(C)cc2)cn1. The summed E-state index contributed by atoms with van der Waals surface area (Å²) in [5.74, 6) is 1.28. The number of pyridine rings is 1. The summed E-state index contributed by atoms with van der Waals surface area (Å²) in [7, 11) is 1.54. The molecule has 6 nitrogen and oxygen atoms in total. The zero-order valence-corrected chi connectivity index (χ0v) is 12.6. The number of nitrogens with zero attached hydrogens (tertiary/aromatic N) is 1. The number of benzene rings is 1. The number of urea groups is 1. The van der Waals surface area contributed by atoms with Crippen molar-refractivity contribution < 1.29 is 14.3 Å². The first-order valence-corrected chi connectivity index (χ1v) is 6.92. The average Bonchev–Trinajstić information content (AvgIpc) is 2.54. The molecular formula is C16H19N3O3. The van der Waals surface area contributed by atoms with Gasteiger partial charge >= 0.3 is 6.03 Å². The molecule has 0 aliphatic carbocycles. The van der Waals surface area contributed by atoms with Crippen molar-refractivity contribution in [3.8, 4) is 11.6 Å². The van der Waals surface area contributed by atoms with Crippen LogP contribution in [-0.4, -0.2) is 31.3 Å². The van der Waals surface area contributed by atoms with Crippen molar-refractivity contribution in [2.24, 2.45) is 0 Å². The largest absolute Gasteiger partial charge is 0.492 e. The van der Waals surface area contributed by atoms with E-state index in [-0.39, 0.29) is 6.03 Å². The molecule has 1 aromatic carbocycles. The molecule has 0 aliphatic rings. The van der Waals surface area contributed by atoms with E-state index >= 15 is 0 Å². The fraction of sp³-hybridized carbons (Fsp3) is 0.250. The zero-order chi connectivity index (χ0) is 15.8. The van der Waals surface area contributed by atoms with Crippen molar-refractivity contribution >= 4 is 11.7 Å². The van der Waals surface area contributed by atoms with Gasteiger partial charge in [0.15, 0.2) is 0 Å². The van der Waals surface area contributed by atoms with E-state index in [1.54, 1.807) is 12.1 Å². The van der Waals surface area contributed by atoms with E-state index in [2.05, 4.69) is 15.6 Å². The normalized spacial score (nSPS) is 9.91. The number of aromatic nitrogens is 1. The summed E-state index contributed by atoms with van der Waals surface area (Å²) in [5, 5.41) is 5.38. The number of ether oxygens (including phenoxy) is 2. The molecule has 6 heteroatoms. The van der Waals surface area contributed by atoms with Gasteiger partial charge in [-0.25, -0.2) is 9.78 Å². The summed E-state index contributed by atoms with van der Waals surface area (Å²) < 4.78 is 10.5. The highest BCUT2D eigenvalue weighted by Gasteiger charge is 2.02. The van der Waals surface area contributed by atoms with Crippen molar-refractivity contribution in [1.29, 1.82) is 0 Å². The van der Waals surface area contributed by atoms with E-state index in [0.717, 1.165) is 5.75 Å². The van der Waals surface area contributed by atoms with Gasteiger partial charge in [-0.15, -0.1) is 0 Å². The fourth-order valence-corrected chi connectivity index (χ4v) is 1.72. The maximum atomic E-state index is 11.7. The Morgan fingerprint density at radius 2 is 1.95 bits per heavy atom. The van der Waals surface area contributed by atoms with Crippen LogP contribution in [0.4, 0.5) is 10.5 Å². The maximum Gasteiger partial charge on any atom is 0.319 e. The van der Waals surface area contributed by atoms with Crippen LogP contribution in [0.5, 0.6) is 11.6 Å². The maximum absolute atomic E-state index is 11.7. The van der Waals surface area contributed by atoms with Crippen LogP contribution >= 0.6 is 0 Å². The molecule has 0 fully saturated rings. The summed E-state index contributed by atoms with van der Waals surface area (Å²) in [6.45, 7) is 2.82. The van der Waals surface area contributed by atoms with Crippen LogP contribution in [-0.2, 0) is 0 Å². The van der Waals surface area contributed by atoms with Gasteiger partial charge in [-0.3, -0.25) is 0 Å². The van der Waals surface area contributed by atoms with Crippen molar-refractivity contribution in [2.45, 2.75) is 6.92 Å². The first kappa shape index (κ1) is 15.6. The van der Waals surface area contributed by atoms with Crippen LogP contribution in [0.15, 0.2) is 42.6 Å². The average molecular weight is 301 g/mol. The molecule has 0 radical (unpaired) electrons. The minimum atomic E-state index is -0.306. The molecular weight excluding hydrogens is 282 g/mol. The zero-order valence-electron chi connectivity index (χ0n) is 12.6.